The number of amides is 2. The molecule has 2 aromatic carbocycles. The lowest BCUT2D eigenvalue weighted by Crippen LogP contribution is -2.60. The Morgan fingerprint density at radius 1 is 0.897 bits per heavy atom. The maximum absolute atomic E-state index is 15.0. The minimum atomic E-state index is -3.56. The highest BCUT2D eigenvalue weighted by molar-refractivity contribution is 7.92. The third-order valence-electron chi connectivity index (χ3n) is 14.2. The molecule has 316 valence electrons. The first kappa shape index (κ1) is 41.2. The van der Waals surface area contributed by atoms with Gasteiger partial charge in [0.1, 0.15) is 11.1 Å². The fourth-order valence-electron chi connectivity index (χ4n) is 10.8. The smallest absolute Gasteiger partial charge is 0.407 e. The SMILES string of the molecule is C=C(CN1CCOCC1)C(=O)N1CC(S(=O)(=O)c2ccc(N3CC(CN4CCC([C@](CN5CCC5)(c5cccc(F)c5)[C@H]5CCC[C@@H]5NC(=O)OC)CC4)C3)cc2)C1. The molecule has 0 radical (unpaired) electrons. The molecule has 5 saturated heterocycles. The van der Waals surface area contributed by atoms with Crippen molar-refractivity contribution in [2.75, 3.05) is 110 Å². The van der Waals surface area contributed by atoms with E-state index in [4.69, 9.17) is 9.47 Å². The van der Waals surface area contributed by atoms with Gasteiger partial charge < -0.3 is 34.4 Å². The number of benzene rings is 2. The Bertz CT molecular complexity index is 1890. The van der Waals surface area contributed by atoms with Crippen LogP contribution in [-0.4, -0.2) is 157 Å². The number of nitrogens with one attached hydrogen (secondary N) is 1. The van der Waals surface area contributed by atoms with Crippen molar-refractivity contribution in [2.24, 2.45) is 17.8 Å². The number of rotatable bonds is 14. The molecular weight excluding hydrogens is 760 g/mol. The Balaban J connectivity index is 0.846. The average molecular weight is 821 g/mol. The normalized spacial score (nSPS) is 25.3. The van der Waals surface area contributed by atoms with E-state index < -0.39 is 21.2 Å². The molecule has 6 aliphatic rings. The number of ether oxygens (including phenoxy) is 2. The molecule has 3 atom stereocenters. The van der Waals surface area contributed by atoms with Crippen LogP contribution in [0.1, 0.15) is 44.1 Å². The second-order valence-electron chi connectivity index (χ2n) is 17.7. The van der Waals surface area contributed by atoms with Gasteiger partial charge in [-0.25, -0.2) is 17.6 Å². The second kappa shape index (κ2) is 17.6. The lowest BCUT2D eigenvalue weighted by atomic mass is 9.57. The molecule has 0 spiro atoms. The number of morpholine rings is 1. The average Bonchev–Trinajstić information content (AvgIpc) is 3.64. The Morgan fingerprint density at radius 3 is 2.28 bits per heavy atom. The quantitative estimate of drug-likeness (QED) is 0.281. The van der Waals surface area contributed by atoms with E-state index >= 15 is 4.39 Å². The van der Waals surface area contributed by atoms with Crippen LogP contribution in [0.3, 0.4) is 0 Å². The number of sulfone groups is 1. The minimum Gasteiger partial charge on any atom is -0.453 e. The lowest BCUT2D eigenvalue weighted by Gasteiger charge is -2.54. The first-order chi connectivity index (χ1) is 28.0. The number of hydrogen-bond donors (Lipinski definition) is 1. The molecule has 1 N–H and O–H groups in total. The van der Waals surface area contributed by atoms with Gasteiger partial charge in [-0.1, -0.05) is 25.1 Å². The minimum absolute atomic E-state index is 0.0128. The van der Waals surface area contributed by atoms with Gasteiger partial charge in [-0.3, -0.25) is 9.69 Å². The molecule has 58 heavy (non-hydrogen) atoms. The third kappa shape index (κ3) is 8.54. The predicted molar refractivity (Wildman–Crippen MR) is 221 cm³/mol. The van der Waals surface area contributed by atoms with Crippen LogP contribution in [0.15, 0.2) is 65.6 Å². The van der Waals surface area contributed by atoms with E-state index in [1.165, 1.54) is 19.6 Å². The van der Waals surface area contributed by atoms with Crippen molar-refractivity contribution in [2.45, 2.75) is 60.1 Å². The van der Waals surface area contributed by atoms with Crippen LogP contribution in [0.25, 0.3) is 0 Å². The monoisotopic (exact) mass is 820 g/mol. The van der Waals surface area contributed by atoms with E-state index in [2.05, 4.69) is 37.6 Å². The number of alkyl carbamates (subject to hydrolysis) is 1. The van der Waals surface area contributed by atoms with Crippen molar-refractivity contribution in [3.05, 3.63) is 72.1 Å². The number of anilines is 1. The molecule has 12 nitrogen and oxygen atoms in total. The first-order valence-corrected chi connectivity index (χ1v) is 23.0. The molecule has 5 aliphatic heterocycles. The summed E-state index contributed by atoms with van der Waals surface area (Å²) < 4.78 is 52.4. The zero-order chi connectivity index (χ0) is 40.4. The van der Waals surface area contributed by atoms with Gasteiger partial charge in [0.25, 0.3) is 5.91 Å². The summed E-state index contributed by atoms with van der Waals surface area (Å²) in [5.74, 6) is 0.693. The molecule has 8 rings (SSSR count). The predicted octanol–water partition coefficient (Wildman–Crippen LogP) is 4.02. The summed E-state index contributed by atoms with van der Waals surface area (Å²) in [6.45, 7) is 15.5. The largest absolute Gasteiger partial charge is 0.453 e. The molecule has 6 fully saturated rings. The van der Waals surface area contributed by atoms with Crippen LogP contribution in [0, 0.1) is 23.6 Å². The van der Waals surface area contributed by atoms with Crippen molar-refractivity contribution in [1.29, 1.82) is 0 Å². The lowest BCUT2D eigenvalue weighted by molar-refractivity contribution is -0.130. The Hall–Kier alpha value is -3.56. The summed E-state index contributed by atoms with van der Waals surface area (Å²) in [4.78, 5) is 36.9. The van der Waals surface area contributed by atoms with Crippen molar-refractivity contribution in [3.63, 3.8) is 0 Å². The molecule has 2 amide bonds. The van der Waals surface area contributed by atoms with Gasteiger partial charge in [-0.05, 0) is 112 Å². The van der Waals surface area contributed by atoms with Crippen molar-refractivity contribution in [3.8, 4) is 0 Å². The molecule has 1 aliphatic carbocycles. The number of halogens is 1. The molecular formula is C44H61FN6O6S. The van der Waals surface area contributed by atoms with E-state index in [0.29, 0.717) is 42.1 Å². The second-order valence-corrected chi connectivity index (χ2v) is 19.9. The van der Waals surface area contributed by atoms with E-state index in [-0.39, 0.29) is 42.2 Å². The van der Waals surface area contributed by atoms with Crippen LogP contribution >= 0.6 is 0 Å². The molecule has 0 bridgehead atoms. The van der Waals surface area contributed by atoms with Crippen LogP contribution in [-0.2, 0) is 29.5 Å². The van der Waals surface area contributed by atoms with Gasteiger partial charge in [0, 0.05) is 87.5 Å². The molecule has 1 saturated carbocycles. The number of nitrogens with zero attached hydrogens (tertiary/aromatic N) is 5. The number of carbonyl (C=O) groups is 2. The van der Waals surface area contributed by atoms with Crippen LogP contribution in [0.5, 0.6) is 0 Å². The van der Waals surface area contributed by atoms with Gasteiger partial charge in [-0.2, -0.15) is 0 Å². The van der Waals surface area contributed by atoms with E-state index in [1.54, 1.807) is 23.1 Å². The number of likely N-dealkylation sites (tertiary alicyclic amines) is 3. The van der Waals surface area contributed by atoms with Gasteiger partial charge in [0.2, 0.25) is 0 Å². The van der Waals surface area contributed by atoms with E-state index in [1.807, 2.05) is 18.2 Å². The Morgan fingerprint density at radius 2 is 1.62 bits per heavy atom. The molecule has 2 aromatic rings. The van der Waals surface area contributed by atoms with Crippen LogP contribution in [0.4, 0.5) is 14.9 Å². The van der Waals surface area contributed by atoms with Gasteiger partial charge in [0.15, 0.2) is 9.84 Å². The van der Waals surface area contributed by atoms with Gasteiger partial charge >= 0.3 is 6.09 Å². The summed E-state index contributed by atoms with van der Waals surface area (Å²) in [6, 6.07) is 14.5. The Labute approximate surface area is 343 Å². The summed E-state index contributed by atoms with van der Waals surface area (Å²) in [7, 11) is -2.14. The Kier molecular flexibility index (Phi) is 12.5. The highest BCUT2D eigenvalue weighted by Crippen LogP contribution is 2.51. The van der Waals surface area contributed by atoms with Crippen molar-refractivity contribution in [1.82, 2.24) is 24.9 Å². The summed E-state index contributed by atoms with van der Waals surface area (Å²) in [5, 5.41) is 2.58. The molecule has 14 heteroatoms. The molecule has 0 unspecified atom stereocenters. The third-order valence-corrected chi connectivity index (χ3v) is 16.3. The maximum atomic E-state index is 15.0. The van der Waals surface area contributed by atoms with Crippen LogP contribution < -0.4 is 10.2 Å². The highest BCUT2D eigenvalue weighted by Gasteiger charge is 2.53. The van der Waals surface area contributed by atoms with E-state index in [0.717, 1.165) is 109 Å². The van der Waals surface area contributed by atoms with E-state index in [9.17, 15) is 18.0 Å². The fraction of sp³-hybridized carbons (Fsp3) is 0.636. The van der Waals surface area contributed by atoms with Crippen LogP contribution in [0.2, 0.25) is 0 Å². The number of methoxy groups -OCH3 is 1. The number of carbonyl (C=O) groups excluding carboxylic acids is 2. The number of piperidine rings is 1. The number of hydrogen-bond acceptors (Lipinski definition) is 10. The van der Waals surface area contributed by atoms with Gasteiger partial charge in [0.05, 0.1) is 25.2 Å². The summed E-state index contributed by atoms with van der Waals surface area (Å²) >= 11 is 0. The fourth-order valence-corrected chi connectivity index (χ4v) is 12.4. The first-order valence-electron chi connectivity index (χ1n) is 21.4. The standard InChI is InChI=1S/C44H61FN6O6S/c1-32(25-48-20-22-57-23-21-48)42(52)51-29-39(30-51)58(54,55)38-12-10-37(11-13-38)50-27-33(28-50)26-47-18-14-34(15-19-47)44(31-49-16-5-17-49,35-6-3-7-36(45)24-35)40-8-4-9-41(40)46-43(53)56-2/h3,6-7,10-13,24,33-34,39-41H,1,4-5,8-9,14-23,25-31H2,2H3,(H,46,53)/t40-,41-,44+/m0/s1. The maximum Gasteiger partial charge on any atom is 0.407 e. The molecule has 5 heterocycles. The zero-order valence-corrected chi connectivity index (χ0v) is 34.9. The van der Waals surface area contributed by atoms with Gasteiger partial charge in [-0.15, -0.1) is 0 Å². The topological polar surface area (TPSA) is 115 Å². The molecule has 0 aromatic heterocycles. The van der Waals surface area contributed by atoms with Crippen molar-refractivity contribution < 1.29 is 31.9 Å². The summed E-state index contributed by atoms with van der Waals surface area (Å²) in [6.07, 6.45) is 5.77. The van der Waals surface area contributed by atoms with Crippen molar-refractivity contribution >= 4 is 27.5 Å². The summed E-state index contributed by atoms with van der Waals surface area (Å²) in [5.41, 5.74) is 2.30. The highest BCUT2D eigenvalue weighted by atomic mass is 32.2. The zero-order valence-electron chi connectivity index (χ0n) is 34.0.